The van der Waals surface area contributed by atoms with Crippen molar-refractivity contribution in [3.8, 4) is 0 Å². The van der Waals surface area contributed by atoms with Gasteiger partial charge >= 0.3 is 0 Å². The molecule has 138 valence electrons. The quantitative estimate of drug-likeness (QED) is 0.331. The zero-order valence-electron chi connectivity index (χ0n) is 13.7. The Kier molecular flexibility index (Phi) is 7.15. The van der Waals surface area contributed by atoms with Crippen LogP contribution in [0.3, 0.4) is 0 Å². The molecule has 0 aromatic heterocycles. The third-order valence-electron chi connectivity index (χ3n) is 3.00. The first-order chi connectivity index (χ1) is 12.4. The van der Waals surface area contributed by atoms with Gasteiger partial charge in [-0.1, -0.05) is 41.0 Å². The van der Waals surface area contributed by atoms with Crippen molar-refractivity contribution in [2.75, 3.05) is 0 Å². The van der Waals surface area contributed by atoms with Crippen LogP contribution in [0.25, 0.3) is 0 Å². The summed E-state index contributed by atoms with van der Waals surface area (Å²) in [6, 6.07) is 12.7. The van der Waals surface area contributed by atoms with Crippen molar-refractivity contribution in [3.63, 3.8) is 0 Å². The maximum Gasteiger partial charge on any atom is 0.238 e. The third kappa shape index (κ3) is 6.55. The summed E-state index contributed by atoms with van der Waals surface area (Å²) in [4.78, 5) is 10.5. The van der Waals surface area contributed by atoms with E-state index in [-0.39, 0.29) is 25.0 Å². The molecule has 0 fully saturated rings. The molecule has 0 aliphatic heterocycles. The number of hydroxylamine groups is 2. The monoisotopic (exact) mass is 380 g/mol. The van der Waals surface area contributed by atoms with Crippen molar-refractivity contribution in [1.29, 1.82) is 5.41 Å². The van der Waals surface area contributed by atoms with Gasteiger partial charge in [0.15, 0.2) is 0 Å². The van der Waals surface area contributed by atoms with E-state index in [9.17, 15) is 4.39 Å². The van der Waals surface area contributed by atoms with Gasteiger partial charge in [-0.05, 0) is 35.4 Å². The number of rotatable bonds is 7. The van der Waals surface area contributed by atoms with Crippen LogP contribution in [0.5, 0.6) is 0 Å². The second-order valence-electron chi connectivity index (χ2n) is 5.06. The van der Waals surface area contributed by atoms with E-state index in [4.69, 9.17) is 38.2 Å². The lowest BCUT2D eigenvalue weighted by Gasteiger charge is -2.17. The van der Waals surface area contributed by atoms with E-state index in [2.05, 4.69) is 10.6 Å². The molecule has 0 spiro atoms. The van der Waals surface area contributed by atoms with Gasteiger partial charge in [0.25, 0.3) is 0 Å². The van der Waals surface area contributed by atoms with E-state index in [1.165, 1.54) is 24.3 Å². The fourth-order valence-electron chi connectivity index (χ4n) is 1.76. The Morgan fingerprint density at radius 2 is 1.65 bits per heavy atom. The zero-order valence-corrected chi connectivity index (χ0v) is 14.4. The number of halogens is 2. The van der Waals surface area contributed by atoms with Crippen LogP contribution >= 0.6 is 11.6 Å². The Bertz CT molecular complexity index is 754. The second-order valence-corrected chi connectivity index (χ2v) is 5.50. The molecular weight excluding hydrogens is 363 g/mol. The highest BCUT2D eigenvalue weighted by atomic mass is 35.5. The van der Waals surface area contributed by atoms with E-state index in [1.54, 1.807) is 24.3 Å². The number of guanidine groups is 2. The summed E-state index contributed by atoms with van der Waals surface area (Å²) in [5.74, 6) is -1.02. The number of hydrazone groups is 1. The second kappa shape index (κ2) is 9.56. The van der Waals surface area contributed by atoms with E-state index >= 15 is 0 Å². The first kappa shape index (κ1) is 19.4. The molecule has 0 saturated carbocycles. The van der Waals surface area contributed by atoms with Gasteiger partial charge in [-0.2, -0.15) is 0 Å². The highest BCUT2D eigenvalue weighted by Crippen LogP contribution is 2.10. The molecule has 0 unspecified atom stereocenters. The minimum Gasteiger partial charge on any atom is -0.367 e. The molecule has 2 aromatic rings. The molecule has 0 amide bonds. The highest BCUT2D eigenvalue weighted by molar-refractivity contribution is 6.30. The van der Waals surface area contributed by atoms with Gasteiger partial charge in [0, 0.05) is 5.02 Å². The number of hydrogen-bond acceptors (Lipinski definition) is 4. The highest BCUT2D eigenvalue weighted by Gasteiger charge is 2.08. The fourth-order valence-corrected chi connectivity index (χ4v) is 1.89. The minimum absolute atomic E-state index is 0.0161. The van der Waals surface area contributed by atoms with Crippen molar-refractivity contribution >= 4 is 23.5 Å². The Morgan fingerprint density at radius 1 is 1.08 bits per heavy atom. The van der Waals surface area contributed by atoms with Gasteiger partial charge in [0.2, 0.25) is 11.9 Å². The first-order valence-electron chi connectivity index (χ1n) is 7.42. The summed E-state index contributed by atoms with van der Waals surface area (Å²) in [5, 5.41) is 12.6. The summed E-state index contributed by atoms with van der Waals surface area (Å²) < 4.78 is 12.9. The smallest absolute Gasteiger partial charge is 0.238 e. The molecule has 0 aliphatic rings. The van der Waals surface area contributed by atoms with Crippen LogP contribution in [0, 0.1) is 11.2 Å². The van der Waals surface area contributed by atoms with Crippen LogP contribution < -0.4 is 16.9 Å². The van der Waals surface area contributed by atoms with E-state index in [0.717, 1.165) is 10.7 Å². The predicted octanol–water partition coefficient (Wildman–Crippen LogP) is 2.06. The fraction of sp³-hybridized carbons (Fsp3) is 0.125. The Hall–Kier alpha value is -2.88. The molecule has 8 nitrogen and oxygen atoms in total. The molecule has 0 atom stereocenters. The average molecular weight is 381 g/mol. The van der Waals surface area contributed by atoms with Crippen molar-refractivity contribution in [2.45, 2.75) is 13.2 Å². The molecule has 0 bridgehead atoms. The van der Waals surface area contributed by atoms with E-state index in [0.29, 0.717) is 10.6 Å². The molecule has 0 aliphatic carbocycles. The van der Waals surface area contributed by atoms with Crippen molar-refractivity contribution < 1.29 is 14.1 Å². The van der Waals surface area contributed by atoms with Crippen molar-refractivity contribution in [3.05, 3.63) is 70.5 Å². The first-order valence-corrected chi connectivity index (χ1v) is 7.79. The van der Waals surface area contributed by atoms with Gasteiger partial charge in [-0.25, -0.2) is 14.7 Å². The molecule has 2 rings (SSSR count). The molecule has 2 aromatic carbocycles. The summed E-state index contributed by atoms with van der Waals surface area (Å²) in [6.07, 6.45) is 0. The standard InChI is InChI=1S/C16H18ClFN6O2/c17-13-5-1-11(2-6-13)9-25-23-16(21)22-24(15(19)20)26-10-12-3-7-14(18)8-4-12/h1-8H,9-10H2,(H3,19,20)(H3,21,22,23). The Labute approximate surface area is 154 Å². The summed E-state index contributed by atoms with van der Waals surface area (Å²) in [7, 11) is 0. The predicted molar refractivity (Wildman–Crippen MR) is 95.9 cm³/mol. The van der Waals surface area contributed by atoms with Crippen molar-refractivity contribution in [1.82, 2.24) is 10.7 Å². The third-order valence-corrected chi connectivity index (χ3v) is 3.25. The van der Waals surface area contributed by atoms with Crippen LogP contribution in [-0.2, 0) is 22.9 Å². The molecule has 0 heterocycles. The van der Waals surface area contributed by atoms with Crippen molar-refractivity contribution in [2.24, 2.45) is 16.6 Å². The topological polar surface area (TPSA) is 122 Å². The number of hydrogen-bond donors (Lipinski definition) is 4. The van der Waals surface area contributed by atoms with Gasteiger partial charge in [-0.15, -0.1) is 5.10 Å². The average Bonchev–Trinajstić information content (AvgIpc) is 2.61. The molecule has 0 saturated heterocycles. The molecule has 26 heavy (non-hydrogen) atoms. The molecule has 6 N–H and O–H groups in total. The van der Waals surface area contributed by atoms with Crippen LogP contribution in [0.4, 0.5) is 4.39 Å². The number of nitrogens with zero attached hydrogens (tertiary/aromatic N) is 2. The van der Waals surface area contributed by atoms with Gasteiger partial charge in [0.1, 0.15) is 12.4 Å². The maximum absolute atomic E-state index is 12.9. The molecule has 0 radical (unpaired) electrons. The van der Waals surface area contributed by atoms with Gasteiger partial charge in [-0.3, -0.25) is 10.2 Å². The van der Waals surface area contributed by atoms with Crippen LogP contribution in [0.15, 0.2) is 53.6 Å². The van der Waals surface area contributed by atoms with Crippen LogP contribution in [0.2, 0.25) is 5.02 Å². The summed E-state index contributed by atoms with van der Waals surface area (Å²) in [6.45, 7) is 0.228. The molecule has 10 heteroatoms. The molecular formula is C16H18ClFN6O2. The SMILES string of the molecule is N=C(N)N(N=C(N)NOCc1ccc(Cl)cc1)OCc1ccc(F)cc1. The zero-order chi connectivity index (χ0) is 18.9. The largest absolute Gasteiger partial charge is 0.367 e. The van der Waals surface area contributed by atoms with E-state index < -0.39 is 5.96 Å². The number of benzene rings is 2. The van der Waals surface area contributed by atoms with Crippen LogP contribution in [-0.4, -0.2) is 17.1 Å². The lowest BCUT2D eigenvalue weighted by Crippen LogP contribution is -2.39. The van der Waals surface area contributed by atoms with Gasteiger partial charge < -0.3 is 11.5 Å². The van der Waals surface area contributed by atoms with Gasteiger partial charge in [0.05, 0.1) is 6.61 Å². The number of nitrogens with one attached hydrogen (secondary N) is 2. The number of nitrogens with two attached hydrogens (primary N) is 2. The summed E-state index contributed by atoms with van der Waals surface area (Å²) in [5.41, 5.74) is 15.0. The van der Waals surface area contributed by atoms with Crippen LogP contribution in [0.1, 0.15) is 11.1 Å². The normalized spacial score (nSPS) is 11.2. The Morgan fingerprint density at radius 3 is 2.27 bits per heavy atom. The lowest BCUT2D eigenvalue weighted by molar-refractivity contribution is -0.113. The summed E-state index contributed by atoms with van der Waals surface area (Å²) >= 11 is 5.80. The van der Waals surface area contributed by atoms with E-state index in [1.807, 2.05) is 0 Å². The lowest BCUT2D eigenvalue weighted by atomic mass is 10.2. The Balaban J connectivity index is 1.84. The minimum atomic E-state index is -0.491. The maximum atomic E-state index is 12.9.